The minimum atomic E-state index is 0.109. The second kappa shape index (κ2) is 5.86. The van der Waals surface area contributed by atoms with Crippen molar-refractivity contribution in [3.8, 4) is 5.75 Å². The zero-order valence-corrected chi connectivity index (χ0v) is 14.4. The SMILES string of the molecule is COc1c(C)cc(Cn2ncc3c(Cl)nc(N)nc32)c(Cl)c1C. The number of benzene rings is 1. The van der Waals surface area contributed by atoms with Gasteiger partial charge < -0.3 is 10.5 Å². The van der Waals surface area contributed by atoms with E-state index in [0.717, 1.165) is 22.4 Å². The van der Waals surface area contributed by atoms with Gasteiger partial charge in [0.05, 0.1) is 30.3 Å². The first-order chi connectivity index (χ1) is 10.9. The Morgan fingerprint density at radius 2 is 2.00 bits per heavy atom. The third kappa shape index (κ3) is 2.68. The first-order valence-corrected chi connectivity index (χ1v) is 7.65. The van der Waals surface area contributed by atoms with Gasteiger partial charge in [0.1, 0.15) is 10.9 Å². The molecule has 0 unspecified atom stereocenters. The van der Waals surface area contributed by atoms with Gasteiger partial charge in [-0.2, -0.15) is 10.1 Å². The number of hydrogen-bond donors (Lipinski definition) is 1. The summed E-state index contributed by atoms with van der Waals surface area (Å²) in [6.07, 6.45) is 1.62. The molecule has 3 aromatic rings. The van der Waals surface area contributed by atoms with Crippen molar-refractivity contribution in [1.29, 1.82) is 0 Å². The molecule has 6 nitrogen and oxygen atoms in total. The largest absolute Gasteiger partial charge is 0.496 e. The van der Waals surface area contributed by atoms with Crippen molar-refractivity contribution in [2.45, 2.75) is 20.4 Å². The van der Waals surface area contributed by atoms with Gasteiger partial charge in [-0.05, 0) is 31.0 Å². The number of ether oxygens (including phenoxy) is 1. The summed E-state index contributed by atoms with van der Waals surface area (Å²) < 4.78 is 7.09. The number of aryl methyl sites for hydroxylation is 1. The van der Waals surface area contributed by atoms with E-state index < -0.39 is 0 Å². The molecular weight excluding hydrogens is 337 g/mol. The molecule has 8 heteroatoms. The molecule has 0 aliphatic carbocycles. The van der Waals surface area contributed by atoms with Gasteiger partial charge in [0.25, 0.3) is 0 Å². The van der Waals surface area contributed by atoms with Crippen molar-refractivity contribution >= 4 is 40.2 Å². The van der Waals surface area contributed by atoms with Crippen molar-refractivity contribution < 1.29 is 4.74 Å². The number of hydrogen-bond acceptors (Lipinski definition) is 5. The van der Waals surface area contributed by atoms with Gasteiger partial charge in [-0.1, -0.05) is 23.2 Å². The molecule has 2 aromatic heterocycles. The zero-order valence-electron chi connectivity index (χ0n) is 12.9. The minimum Gasteiger partial charge on any atom is -0.496 e. The Kier molecular flexibility index (Phi) is 4.04. The number of anilines is 1. The highest BCUT2D eigenvalue weighted by molar-refractivity contribution is 6.34. The van der Waals surface area contributed by atoms with Gasteiger partial charge in [-0.3, -0.25) is 0 Å². The molecule has 0 atom stereocenters. The number of halogens is 2. The summed E-state index contributed by atoms with van der Waals surface area (Å²) in [5.41, 5.74) is 9.07. The highest BCUT2D eigenvalue weighted by Crippen LogP contribution is 2.33. The fraction of sp³-hybridized carbons (Fsp3) is 0.267. The van der Waals surface area contributed by atoms with Crippen LogP contribution in [-0.4, -0.2) is 26.9 Å². The highest BCUT2D eigenvalue weighted by atomic mass is 35.5. The lowest BCUT2D eigenvalue weighted by atomic mass is 10.1. The van der Waals surface area contributed by atoms with Crippen molar-refractivity contribution in [3.63, 3.8) is 0 Å². The summed E-state index contributed by atoms with van der Waals surface area (Å²) >= 11 is 12.5. The van der Waals surface area contributed by atoms with Crippen molar-refractivity contribution in [2.24, 2.45) is 0 Å². The highest BCUT2D eigenvalue weighted by Gasteiger charge is 2.15. The van der Waals surface area contributed by atoms with Crippen LogP contribution in [0.3, 0.4) is 0 Å². The summed E-state index contributed by atoms with van der Waals surface area (Å²) in [4.78, 5) is 8.14. The van der Waals surface area contributed by atoms with Gasteiger partial charge in [0.15, 0.2) is 5.65 Å². The first-order valence-electron chi connectivity index (χ1n) is 6.89. The summed E-state index contributed by atoms with van der Waals surface area (Å²) in [5, 5.41) is 5.90. The van der Waals surface area contributed by atoms with Gasteiger partial charge in [0, 0.05) is 5.56 Å². The number of fused-ring (bicyclic) bond motifs is 1. The van der Waals surface area contributed by atoms with Crippen molar-refractivity contribution in [3.05, 3.63) is 39.1 Å². The van der Waals surface area contributed by atoms with Crippen LogP contribution in [0.25, 0.3) is 11.0 Å². The molecule has 0 bridgehead atoms. The quantitative estimate of drug-likeness (QED) is 0.731. The van der Waals surface area contributed by atoms with E-state index in [4.69, 9.17) is 33.7 Å². The molecular formula is C15H15Cl2N5O. The maximum Gasteiger partial charge on any atom is 0.223 e. The van der Waals surface area contributed by atoms with Gasteiger partial charge in [-0.25, -0.2) is 9.67 Å². The maximum absolute atomic E-state index is 6.48. The first kappa shape index (κ1) is 15.8. The fourth-order valence-corrected chi connectivity index (χ4v) is 3.09. The molecule has 0 saturated carbocycles. The van der Waals surface area contributed by atoms with E-state index >= 15 is 0 Å². The zero-order chi connectivity index (χ0) is 16.7. The Bertz CT molecular complexity index is 907. The van der Waals surface area contributed by atoms with Crippen LogP contribution < -0.4 is 10.5 Å². The van der Waals surface area contributed by atoms with E-state index in [1.54, 1.807) is 18.0 Å². The van der Waals surface area contributed by atoms with Gasteiger partial charge in [0.2, 0.25) is 5.95 Å². The summed E-state index contributed by atoms with van der Waals surface area (Å²) in [6.45, 7) is 4.35. The molecule has 0 aliphatic heterocycles. The molecule has 0 radical (unpaired) electrons. The normalized spacial score (nSPS) is 11.2. The third-order valence-electron chi connectivity index (χ3n) is 3.69. The second-order valence-corrected chi connectivity index (χ2v) is 5.97. The van der Waals surface area contributed by atoms with Crippen molar-refractivity contribution in [2.75, 3.05) is 12.8 Å². The molecule has 3 rings (SSSR count). The molecule has 0 spiro atoms. The summed E-state index contributed by atoms with van der Waals surface area (Å²) in [6, 6.07) is 1.98. The van der Waals surface area contributed by atoms with Crippen LogP contribution in [0.1, 0.15) is 16.7 Å². The lowest BCUT2D eigenvalue weighted by Gasteiger charge is -2.14. The summed E-state index contributed by atoms with van der Waals surface area (Å²) in [5.74, 6) is 0.899. The van der Waals surface area contributed by atoms with Gasteiger partial charge >= 0.3 is 0 Å². The maximum atomic E-state index is 6.48. The van der Waals surface area contributed by atoms with Crippen LogP contribution in [0.4, 0.5) is 5.95 Å². The molecule has 120 valence electrons. The van der Waals surface area contributed by atoms with E-state index in [9.17, 15) is 0 Å². The van der Waals surface area contributed by atoms with E-state index in [1.807, 2.05) is 19.9 Å². The smallest absolute Gasteiger partial charge is 0.223 e. The van der Waals surface area contributed by atoms with E-state index in [-0.39, 0.29) is 11.1 Å². The molecule has 23 heavy (non-hydrogen) atoms. The van der Waals surface area contributed by atoms with E-state index in [1.165, 1.54) is 0 Å². The standard InChI is InChI=1S/C15H15Cl2N5O/c1-7-4-9(11(16)8(2)12(7)23-3)6-22-14-10(5-19-22)13(17)20-15(18)21-14/h4-5H,6H2,1-3H3,(H2,18,20,21). The molecule has 0 aliphatic rings. The monoisotopic (exact) mass is 351 g/mol. The molecule has 1 aromatic carbocycles. The molecule has 0 amide bonds. The van der Waals surface area contributed by atoms with Crippen LogP contribution in [0.2, 0.25) is 10.2 Å². The Balaban J connectivity index is 2.10. The number of nitrogens with two attached hydrogens (primary N) is 1. The molecule has 2 heterocycles. The van der Waals surface area contributed by atoms with Crippen LogP contribution in [-0.2, 0) is 6.54 Å². The predicted molar refractivity (Wildman–Crippen MR) is 91.3 cm³/mol. The molecule has 2 N–H and O–H groups in total. The Hall–Kier alpha value is -2.05. The average Bonchev–Trinajstić information content (AvgIpc) is 2.88. The number of nitrogens with zero attached hydrogens (tertiary/aromatic N) is 4. The third-order valence-corrected chi connectivity index (χ3v) is 4.51. The topological polar surface area (TPSA) is 78.8 Å². The number of rotatable bonds is 3. The van der Waals surface area contributed by atoms with E-state index in [0.29, 0.717) is 22.6 Å². The average molecular weight is 352 g/mol. The molecule has 0 fully saturated rings. The molecule has 0 saturated heterocycles. The number of methoxy groups -OCH3 is 1. The number of nitrogen functional groups attached to an aromatic ring is 1. The van der Waals surface area contributed by atoms with Crippen LogP contribution >= 0.6 is 23.2 Å². The minimum absolute atomic E-state index is 0.109. The van der Waals surface area contributed by atoms with Crippen LogP contribution in [0.15, 0.2) is 12.3 Å². The van der Waals surface area contributed by atoms with E-state index in [2.05, 4.69) is 15.1 Å². The Labute approximate surface area is 143 Å². The second-order valence-electron chi connectivity index (χ2n) is 5.24. The predicted octanol–water partition coefficient (Wildman–Crippen LogP) is 3.39. The Morgan fingerprint density at radius 1 is 1.26 bits per heavy atom. The van der Waals surface area contributed by atoms with Gasteiger partial charge in [-0.15, -0.1) is 0 Å². The van der Waals surface area contributed by atoms with Crippen molar-refractivity contribution in [1.82, 2.24) is 19.7 Å². The number of aromatic nitrogens is 4. The van der Waals surface area contributed by atoms with Crippen LogP contribution in [0.5, 0.6) is 5.75 Å². The summed E-state index contributed by atoms with van der Waals surface area (Å²) in [7, 11) is 1.63. The lowest BCUT2D eigenvalue weighted by Crippen LogP contribution is -2.06. The lowest BCUT2D eigenvalue weighted by molar-refractivity contribution is 0.408. The fourth-order valence-electron chi connectivity index (χ4n) is 2.67. The Morgan fingerprint density at radius 3 is 2.70 bits per heavy atom. The van der Waals surface area contributed by atoms with Crippen LogP contribution in [0, 0.1) is 13.8 Å².